The van der Waals surface area contributed by atoms with Crippen LogP contribution < -0.4 is 5.32 Å². The Morgan fingerprint density at radius 1 is 1.39 bits per heavy atom. The maximum absolute atomic E-state index is 11.6. The summed E-state index contributed by atoms with van der Waals surface area (Å²) >= 11 is 0. The predicted octanol–water partition coefficient (Wildman–Crippen LogP) is 2.69. The molecule has 18 heavy (non-hydrogen) atoms. The van der Waals surface area contributed by atoms with E-state index in [0.29, 0.717) is 5.76 Å². The van der Waals surface area contributed by atoms with Crippen LogP contribution in [-0.2, 0) is 4.74 Å². The van der Waals surface area contributed by atoms with Crippen molar-refractivity contribution in [3.05, 3.63) is 23.7 Å². The van der Waals surface area contributed by atoms with Gasteiger partial charge in [-0.15, -0.1) is 0 Å². The fourth-order valence-electron chi connectivity index (χ4n) is 1.29. The number of Topliss-reactive ketones (excluding diaryl/α,β-unsaturated/α-hetero) is 1. The Morgan fingerprint density at radius 3 is 2.56 bits per heavy atom. The molecular weight excluding hydrogens is 234 g/mol. The first kappa shape index (κ1) is 14.3. The minimum Gasteiger partial charge on any atom is -0.461 e. The van der Waals surface area contributed by atoms with E-state index in [4.69, 9.17) is 9.15 Å². The first-order valence-corrected chi connectivity index (χ1v) is 5.83. The minimum absolute atomic E-state index is 0.140. The van der Waals surface area contributed by atoms with Gasteiger partial charge in [-0.3, -0.25) is 4.79 Å². The van der Waals surface area contributed by atoms with E-state index in [9.17, 15) is 9.59 Å². The van der Waals surface area contributed by atoms with E-state index in [-0.39, 0.29) is 18.7 Å². The Morgan fingerprint density at radius 2 is 2.06 bits per heavy atom. The quantitative estimate of drug-likeness (QED) is 0.837. The average Bonchev–Trinajstić information content (AvgIpc) is 2.62. The van der Waals surface area contributed by atoms with E-state index in [0.717, 1.165) is 5.56 Å². The van der Waals surface area contributed by atoms with E-state index in [2.05, 4.69) is 5.32 Å². The van der Waals surface area contributed by atoms with Crippen molar-refractivity contribution in [2.45, 2.75) is 39.7 Å². The molecule has 1 rings (SSSR count). The van der Waals surface area contributed by atoms with Gasteiger partial charge in [-0.05, 0) is 39.3 Å². The number of hydrogen-bond donors (Lipinski definition) is 1. The highest BCUT2D eigenvalue weighted by molar-refractivity contribution is 5.93. The van der Waals surface area contributed by atoms with Crippen LogP contribution in [0.2, 0.25) is 0 Å². The Balaban J connectivity index is 2.30. The summed E-state index contributed by atoms with van der Waals surface area (Å²) in [5, 5.41) is 2.52. The molecule has 100 valence electrons. The molecule has 0 unspecified atom stereocenters. The molecule has 1 aromatic rings. The molecule has 0 atom stereocenters. The molecule has 0 aliphatic rings. The van der Waals surface area contributed by atoms with Crippen molar-refractivity contribution in [2.24, 2.45) is 0 Å². The normalized spacial score (nSPS) is 11.1. The molecular formula is C13H19NO4. The summed E-state index contributed by atoms with van der Waals surface area (Å²) < 4.78 is 10.1. The third-order valence-corrected chi connectivity index (χ3v) is 2.03. The van der Waals surface area contributed by atoms with Gasteiger partial charge in [-0.1, -0.05) is 0 Å². The van der Waals surface area contributed by atoms with Crippen LogP contribution in [0.5, 0.6) is 0 Å². The van der Waals surface area contributed by atoms with Gasteiger partial charge in [-0.2, -0.15) is 0 Å². The minimum atomic E-state index is -0.536. The van der Waals surface area contributed by atoms with Crippen molar-refractivity contribution >= 4 is 11.9 Å². The fourth-order valence-corrected chi connectivity index (χ4v) is 1.29. The summed E-state index contributed by atoms with van der Waals surface area (Å²) in [6.45, 7) is 7.42. The van der Waals surface area contributed by atoms with Crippen molar-refractivity contribution in [2.75, 3.05) is 6.54 Å². The Labute approximate surface area is 106 Å². The predicted molar refractivity (Wildman–Crippen MR) is 66.6 cm³/mol. The lowest BCUT2D eigenvalue weighted by Crippen LogP contribution is -2.33. The number of nitrogens with one attached hydrogen (secondary N) is 1. The fraction of sp³-hybridized carbons (Fsp3) is 0.538. The van der Waals surface area contributed by atoms with Gasteiger partial charge in [0.05, 0.1) is 6.26 Å². The smallest absolute Gasteiger partial charge is 0.407 e. The summed E-state index contributed by atoms with van der Waals surface area (Å²) in [6.07, 6.45) is 1.19. The monoisotopic (exact) mass is 253 g/mol. The van der Waals surface area contributed by atoms with Gasteiger partial charge in [0.15, 0.2) is 11.5 Å². The van der Waals surface area contributed by atoms with Crippen molar-refractivity contribution in [3.63, 3.8) is 0 Å². The first-order valence-electron chi connectivity index (χ1n) is 5.83. The number of aryl methyl sites for hydroxylation is 1. The van der Waals surface area contributed by atoms with Crippen LogP contribution in [0.25, 0.3) is 0 Å². The van der Waals surface area contributed by atoms with Crippen LogP contribution in [0.4, 0.5) is 4.79 Å². The second kappa shape index (κ2) is 5.71. The maximum atomic E-state index is 11.6. The van der Waals surface area contributed by atoms with E-state index < -0.39 is 11.7 Å². The molecule has 1 N–H and O–H groups in total. The Hall–Kier alpha value is -1.78. The van der Waals surface area contributed by atoms with Gasteiger partial charge < -0.3 is 14.5 Å². The molecule has 0 aliphatic heterocycles. The second-order valence-corrected chi connectivity index (χ2v) is 5.09. The van der Waals surface area contributed by atoms with Gasteiger partial charge in [0.1, 0.15) is 5.60 Å². The number of rotatable bonds is 4. The molecule has 1 heterocycles. The number of alkyl carbamates (subject to hydrolysis) is 1. The molecule has 0 radical (unpaired) electrons. The highest BCUT2D eigenvalue weighted by Crippen LogP contribution is 2.09. The number of carbonyl (C=O) groups excluding carboxylic acids is 2. The summed E-state index contributed by atoms with van der Waals surface area (Å²) in [7, 11) is 0. The van der Waals surface area contributed by atoms with E-state index >= 15 is 0 Å². The lowest BCUT2D eigenvalue weighted by molar-refractivity contribution is 0.0527. The van der Waals surface area contributed by atoms with Crippen LogP contribution >= 0.6 is 0 Å². The molecule has 1 amide bonds. The molecule has 0 fully saturated rings. The van der Waals surface area contributed by atoms with Crippen molar-refractivity contribution in [1.82, 2.24) is 5.32 Å². The zero-order valence-electron chi connectivity index (χ0n) is 11.2. The molecule has 0 bridgehead atoms. The molecule has 0 aromatic carbocycles. The van der Waals surface area contributed by atoms with Crippen LogP contribution in [0.15, 0.2) is 16.7 Å². The third kappa shape index (κ3) is 5.03. The number of furan rings is 1. The molecule has 0 spiro atoms. The summed E-state index contributed by atoms with van der Waals surface area (Å²) in [4.78, 5) is 23.0. The summed E-state index contributed by atoms with van der Waals surface area (Å²) in [6, 6.07) is 1.68. The van der Waals surface area contributed by atoms with Crippen LogP contribution in [0.1, 0.15) is 43.3 Å². The van der Waals surface area contributed by atoms with Crippen LogP contribution in [-0.4, -0.2) is 24.0 Å². The number of amides is 1. The summed E-state index contributed by atoms with van der Waals surface area (Å²) in [5.74, 6) is 0.178. The highest BCUT2D eigenvalue weighted by Gasteiger charge is 2.16. The number of ether oxygens (including phenoxy) is 1. The van der Waals surface area contributed by atoms with E-state index in [1.54, 1.807) is 26.8 Å². The Kier molecular flexibility index (Phi) is 4.53. The third-order valence-electron chi connectivity index (χ3n) is 2.03. The van der Waals surface area contributed by atoms with Crippen LogP contribution in [0, 0.1) is 6.92 Å². The van der Waals surface area contributed by atoms with Crippen molar-refractivity contribution in [1.29, 1.82) is 0 Å². The largest absolute Gasteiger partial charge is 0.461 e. The molecule has 5 nitrogen and oxygen atoms in total. The zero-order chi connectivity index (χ0) is 13.8. The molecule has 0 saturated carbocycles. The molecule has 0 saturated heterocycles. The Bertz CT molecular complexity index is 428. The van der Waals surface area contributed by atoms with Gasteiger partial charge in [-0.25, -0.2) is 4.79 Å². The van der Waals surface area contributed by atoms with Crippen LogP contribution in [0.3, 0.4) is 0 Å². The van der Waals surface area contributed by atoms with Gasteiger partial charge >= 0.3 is 6.09 Å². The standard InChI is InChI=1S/C13H19NO4/c1-9-7-11(17-8-9)10(15)5-6-14-12(16)18-13(2,3)4/h7-8H,5-6H2,1-4H3,(H,14,16). The average molecular weight is 253 g/mol. The van der Waals surface area contributed by atoms with Crippen molar-refractivity contribution in [3.8, 4) is 0 Å². The lowest BCUT2D eigenvalue weighted by atomic mass is 10.2. The van der Waals surface area contributed by atoms with Gasteiger partial charge in [0, 0.05) is 13.0 Å². The summed E-state index contributed by atoms with van der Waals surface area (Å²) in [5.41, 5.74) is 0.366. The second-order valence-electron chi connectivity index (χ2n) is 5.09. The first-order chi connectivity index (χ1) is 8.28. The SMILES string of the molecule is Cc1coc(C(=O)CCNC(=O)OC(C)(C)C)c1. The zero-order valence-corrected chi connectivity index (χ0v) is 11.2. The molecule has 1 aromatic heterocycles. The van der Waals surface area contributed by atoms with Gasteiger partial charge in [0.2, 0.25) is 0 Å². The molecule has 0 aliphatic carbocycles. The topological polar surface area (TPSA) is 68.5 Å². The molecule has 5 heteroatoms. The highest BCUT2D eigenvalue weighted by atomic mass is 16.6. The van der Waals surface area contributed by atoms with Gasteiger partial charge in [0.25, 0.3) is 0 Å². The van der Waals surface area contributed by atoms with E-state index in [1.807, 2.05) is 6.92 Å². The number of hydrogen-bond acceptors (Lipinski definition) is 4. The maximum Gasteiger partial charge on any atom is 0.407 e. The lowest BCUT2D eigenvalue weighted by Gasteiger charge is -2.19. The van der Waals surface area contributed by atoms with E-state index in [1.165, 1.54) is 6.26 Å². The number of ketones is 1. The van der Waals surface area contributed by atoms with Crippen molar-refractivity contribution < 1.29 is 18.7 Å². The number of carbonyl (C=O) groups is 2.